The van der Waals surface area contributed by atoms with Crippen molar-refractivity contribution in [2.24, 2.45) is 5.10 Å². The van der Waals surface area contributed by atoms with E-state index < -0.39 is 0 Å². The molecule has 9 heteroatoms. The number of hydrazone groups is 1. The van der Waals surface area contributed by atoms with E-state index >= 15 is 0 Å². The van der Waals surface area contributed by atoms with Crippen molar-refractivity contribution < 1.29 is 14.2 Å². The highest BCUT2D eigenvalue weighted by molar-refractivity contribution is 6.05. The molecule has 1 N–H and O–H groups in total. The third kappa shape index (κ3) is 5.43. The Kier molecular flexibility index (Phi) is 6.99. The number of aryl methyl sites for hydroxylation is 1. The quantitative estimate of drug-likeness (QED) is 0.640. The molecule has 3 heterocycles. The van der Waals surface area contributed by atoms with Crippen molar-refractivity contribution in [3.05, 3.63) is 41.0 Å². The number of rotatable bonds is 7. The largest absolute Gasteiger partial charge is 0.462 e. The molecule has 9 nitrogen and oxygen atoms in total. The molecular formula is C24H32N6O3. The van der Waals surface area contributed by atoms with Gasteiger partial charge in [0.05, 0.1) is 32.1 Å². The zero-order valence-corrected chi connectivity index (χ0v) is 19.3. The summed E-state index contributed by atoms with van der Waals surface area (Å²) in [6, 6.07) is 8.72. The summed E-state index contributed by atoms with van der Waals surface area (Å²) < 4.78 is 16.9. The van der Waals surface area contributed by atoms with Crippen LogP contribution in [0.2, 0.25) is 0 Å². The van der Waals surface area contributed by atoms with Crippen LogP contribution >= 0.6 is 0 Å². The van der Waals surface area contributed by atoms with E-state index in [9.17, 15) is 0 Å². The highest BCUT2D eigenvalue weighted by atomic mass is 16.5. The Hall–Kier alpha value is -2.75. The molecule has 0 radical (unpaired) electrons. The number of hydrogen-bond acceptors (Lipinski definition) is 9. The van der Waals surface area contributed by atoms with E-state index in [2.05, 4.69) is 50.3 Å². The Morgan fingerprint density at radius 2 is 1.82 bits per heavy atom. The van der Waals surface area contributed by atoms with Gasteiger partial charge in [-0.15, -0.1) is 0 Å². The molecule has 3 aliphatic rings. The van der Waals surface area contributed by atoms with Crippen molar-refractivity contribution in [3.63, 3.8) is 0 Å². The molecule has 33 heavy (non-hydrogen) atoms. The maximum Gasteiger partial charge on any atom is 0.320 e. The molecule has 2 saturated heterocycles. The molecule has 0 saturated carbocycles. The van der Waals surface area contributed by atoms with Crippen LogP contribution in [0.15, 0.2) is 29.4 Å². The smallest absolute Gasteiger partial charge is 0.320 e. The van der Waals surface area contributed by atoms with Gasteiger partial charge < -0.3 is 19.1 Å². The summed E-state index contributed by atoms with van der Waals surface area (Å²) in [5, 5.41) is 4.71. The standard InChI is InChI=1S/C24H32N6O3/c1-18-3-2-4-20-19(18)5-6-21(20)27-28-22-17-23(30-10-14-32-15-11-30)26-24(25-22)33-16-9-29-7-12-31-13-8-29/h2-4,17H,5-16H2,1H3,(H,25,26,28). The fraction of sp³-hybridized carbons (Fsp3) is 0.542. The Morgan fingerprint density at radius 1 is 1.03 bits per heavy atom. The monoisotopic (exact) mass is 452 g/mol. The number of aromatic nitrogens is 2. The molecule has 1 aromatic carbocycles. The molecule has 0 bridgehead atoms. The Morgan fingerprint density at radius 3 is 2.64 bits per heavy atom. The van der Waals surface area contributed by atoms with Gasteiger partial charge in [-0.1, -0.05) is 18.2 Å². The summed E-state index contributed by atoms with van der Waals surface area (Å²) in [6.07, 6.45) is 1.96. The Balaban J connectivity index is 1.31. The summed E-state index contributed by atoms with van der Waals surface area (Å²) in [5.74, 6) is 1.47. The normalized spacial score (nSPS) is 20.2. The van der Waals surface area contributed by atoms with Crippen molar-refractivity contribution >= 4 is 17.3 Å². The van der Waals surface area contributed by atoms with Crippen LogP contribution in [0.4, 0.5) is 11.6 Å². The van der Waals surface area contributed by atoms with E-state index in [1.54, 1.807) is 0 Å². The molecule has 0 atom stereocenters. The van der Waals surface area contributed by atoms with E-state index in [4.69, 9.17) is 19.3 Å². The van der Waals surface area contributed by atoms with Gasteiger partial charge >= 0.3 is 6.01 Å². The summed E-state index contributed by atoms with van der Waals surface area (Å²) in [5.41, 5.74) is 8.19. The number of anilines is 2. The van der Waals surface area contributed by atoms with Gasteiger partial charge in [-0.25, -0.2) is 0 Å². The van der Waals surface area contributed by atoms with Crippen LogP contribution in [0.3, 0.4) is 0 Å². The molecule has 176 valence electrons. The summed E-state index contributed by atoms with van der Waals surface area (Å²) in [4.78, 5) is 13.8. The fourth-order valence-electron chi connectivity index (χ4n) is 4.50. The second-order valence-corrected chi connectivity index (χ2v) is 8.57. The zero-order chi connectivity index (χ0) is 22.5. The van der Waals surface area contributed by atoms with Crippen LogP contribution < -0.4 is 15.1 Å². The molecule has 0 unspecified atom stereocenters. The van der Waals surface area contributed by atoms with Crippen molar-refractivity contribution in [2.45, 2.75) is 19.8 Å². The maximum absolute atomic E-state index is 5.97. The van der Waals surface area contributed by atoms with Gasteiger partial charge in [-0.3, -0.25) is 10.3 Å². The number of benzene rings is 1. The lowest BCUT2D eigenvalue weighted by Gasteiger charge is -2.28. The van der Waals surface area contributed by atoms with Crippen LogP contribution in [0, 0.1) is 6.92 Å². The summed E-state index contributed by atoms with van der Waals surface area (Å²) >= 11 is 0. The molecule has 1 aromatic heterocycles. The lowest BCUT2D eigenvalue weighted by Crippen LogP contribution is -2.39. The van der Waals surface area contributed by atoms with Crippen molar-refractivity contribution in [1.29, 1.82) is 0 Å². The van der Waals surface area contributed by atoms with Gasteiger partial charge in [0.2, 0.25) is 0 Å². The van der Waals surface area contributed by atoms with Crippen LogP contribution in [-0.4, -0.2) is 86.3 Å². The molecular weight excluding hydrogens is 420 g/mol. The van der Waals surface area contributed by atoms with E-state index in [-0.39, 0.29) is 0 Å². The number of morpholine rings is 2. The molecule has 2 aromatic rings. The first-order valence-electron chi connectivity index (χ1n) is 11.8. The number of fused-ring (bicyclic) bond motifs is 1. The predicted octanol–water partition coefficient (Wildman–Crippen LogP) is 2.10. The Labute approximate surface area is 194 Å². The molecule has 5 rings (SSSR count). The van der Waals surface area contributed by atoms with E-state index in [0.29, 0.717) is 31.6 Å². The van der Waals surface area contributed by atoms with Gasteiger partial charge in [-0.2, -0.15) is 15.1 Å². The zero-order valence-electron chi connectivity index (χ0n) is 19.3. The second-order valence-electron chi connectivity index (χ2n) is 8.57. The summed E-state index contributed by atoms with van der Waals surface area (Å²) in [6.45, 7) is 9.93. The second kappa shape index (κ2) is 10.5. The average Bonchev–Trinajstić information content (AvgIpc) is 3.28. The number of nitrogens with one attached hydrogen (secondary N) is 1. The topological polar surface area (TPSA) is 84.3 Å². The van der Waals surface area contributed by atoms with Crippen LogP contribution in [0.25, 0.3) is 0 Å². The van der Waals surface area contributed by atoms with Crippen LogP contribution in [-0.2, 0) is 15.9 Å². The third-order valence-corrected chi connectivity index (χ3v) is 6.41. The number of nitrogens with zero attached hydrogens (tertiary/aromatic N) is 5. The highest BCUT2D eigenvalue weighted by Crippen LogP contribution is 2.26. The molecule has 0 spiro atoms. The first kappa shape index (κ1) is 22.1. The lowest BCUT2D eigenvalue weighted by atomic mass is 10.0. The van der Waals surface area contributed by atoms with Crippen LogP contribution in [0.5, 0.6) is 6.01 Å². The van der Waals surface area contributed by atoms with Gasteiger partial charge in [-0.05, 0) is 30.9 Å². The van der Waals surface area contributed by atoms with Gasteiger partial charge in [0.15, 0.2) is 5.82 Å². The number of ether oxygens (including phenoxy) is 3. The predicted molar refractivity (Wildman–Crippen MR) is 127 cm³/mol. The highest BCUT2D eigenvalue weighted by Gasteiger charge is 2.20. The van der Waals surface area contributed by atoms with E-state index in [1.807, 2.05) is 6.07 Å². The first-order chi connectivity index (χ1) is 16.3. The van der Waals surface area contributed by atoms with E-state index in [0.717, 1.165) is 70.3 Å². The van der Waals surface area contributed by atoms with Crippen molar-refractivity contribution in [3.8, 4) is 6.01 Å². The molecule has 2 aliphatic heterocycles. The maximum atomic E-state index is 5.97. The van der Waals surface area contributed by atoms with E-state index in [1.165, 1.54) is 16.7 Å². The minimum absolute atomic E-state index is 0.373. The Bertz CT molecular complexity index is 986. The fourth-order valence-corrected chi connectivity index (χ4v) is 4.50. The number of hydrogen-bond donors (Lipinski definition) is 1. The third-order valence-electron chi connectivity index (χ3n) is 6.41. The van der Waals surface area contributed by atoms with Gasteiger partial charge in [0, 0.05) is 44.4 Å². The first-order valence-corrected chi connectivity index (χ1v) is 11.8. The lowest BCUT2D eigenvalue weighted by molar-refractivity contribution is 0.0317. The van der Waals surface area contributed by atoms with Crippen molar-refractivity contribution in [1.82, 2.24) is 14.9 Å². The molecule has 1 aliphatic carbocycles. The SMILES string of the molecule is Cc1cccc2c1CCC2=NNc1cc(N2CCOCC2)nc(OCCN2CCOCC2)n1. The van der Waals surface area contributed by atoms with Crippen molar-refractivity contribution in [2.75, 3.05) is 76.1 Å². The minimum atomic E-state index is 0.373. The summed E-state index contributed by atoms with van der Waals surface area (Å²) in [7, 11) is 0. The average molecular weight is 453 g/mol. The molecule has 0 amide bonds. The van der Waals surface area contributed by atoms with Crippen LogP contribution in [0.1, 0.15) is 23.1 Å². The van der Waals surface area contributed by atoms with Gasteiger partial charge in [0.25, 0.3) is 0 Å². The molecule has 2 fully saturated rings. The minimum Gasteiger partial charge on any atom is -0.462 e. The van der Waals surface area contributed by atoms with Gasteiger partial charge in [0.1, 0.15) is 12.4 Å².